The molecule has 5 heteroatoms. The van der Waals surface area contributed by atoms with Crippen molar-refractivity contribution in [3.8, 4) is 0 Å². The van der Waals surface area contributed by atoms with E-state index < -0.39 is 0 Å². The zero-order valence-corrected chi connectivity index (χ0v) is 21.2. The molecule has 188 valence electrons. The maximum atomic E-state index is 13.2. The average molecular weight is 475 g/mol. The van der Waals surface area contributed by atoms with Gasteiger partial charge in [0, 0.05) is 38.8 Å². The molecule has 2 heterocycles. The van der Waals surface area contributed by atoms with Crippen LogP contribution >= 0.6 is 0 Å². The van der Waals surface area contributed by atoms with E-state index >= 15 is 0 Å². The van der Waals surface area contributed by atoms with Gasteiger partial charge < -0.3 is 15.1 Å². The van der Waals surface area contributed by atoms with Crippen LogP contribution in [0.3, 0.4) is 0 Å². The van der Waals surface area contributed by atoms with Gasteiger partial charge in [-0.15, -0.1) is 0 Å². The lowest BCUT2D eigenvalue weighted by atomic mass is 9.90. The molecule has 1 N–H and O–H groups in total. The van der Waals surface area contributed by atoms with Gasteiger partial charge in [-0.3, -0.25) is 4.90 Å². The normalized spacial score (nSPS) is 21.3. The summed E-state index contributed by atoms with van der Waals surface area (Å²) in [5.41, 5.74) is 2.23. The van der Waals surface area contributed by atoms with Gasteiger partial charge in [-0.2, -0.15) is 0 Å². The van der Waals surface area contributed by atoms with E-state index in [0.29, 0.717) is 0 Å². The first-order valence-corrected chi connectivity index (χ1v) is 13.9. The van der Waals surface area contributed by atoms with Gasteiger partial charge in [0.1, 0.15) is 0 Å². The molecule has 2 saturated heterocycles. The molecule has 3 fully saturated rings. The highest BCUT2D eigenvalue weighted by Crippen LogP contribution is 2.28. The number of nitrogens with one attached hydrogen (secondary N) is 1. The number of likely N-dealkylation sites (tertiary alicyclic amines) is 1. The monoisotopic (exact) mass is 474 g/mol. The number of carbonyl (C=O) groups excluding carboxylic acids is 1. The quantitative estimate of drug-likeness (QED) is 0.629. The third-order valence-corrected chi connectivity index (χ3v) is 8.45. The number of amides is 2. The molecule has 3 aliphatic rings. The van der Waals surface area contributed by atoms with Gasteiger partial charge in [-0.25, -0.2) is 4.79 Å². The van der Waals surface area contributed by atoms with Crippen molar-refractivity contribution in [2.24, 2.45) is 5.92 Å². The summed E-state index contributed by atoms with van der Waals surface area (Å²) in [5, 5.41) is 3.31. The first-order chi connectivity index (χ1) is 17.3. The topological polar surface area (TPSA) is 38.8 Å². The van der Waals surface area contributed by atoms with Crippen LogP contribution in [0.25, 0.3) is 0 Å². The number of rotatable bonds is 6. The molecular weight excluding hydrogens is 432 g/mol. The molecule has 2 amide bonds. The molecule has 0 spiro atoms. The number of benzene rings is 2. The molecule has 1 saturated carbocycles. The van der Waals surface area contributed by atoms with Gasteiger partial charge in [0.25, 0.3) is 0 Å². The number of urea groups is 1. The van der Waals surface area contributed by atoms with Crippen molar-refractivity contribution in [3.63, 3.8) is 0 Å². The van der Waals surface area contributed by atoms with Gasteiger partial charge >= 0.3 is 6.03 Å². The van der Waals surface area contributed by atoms with Gasteiger partial charge in [0.05, 0.1) is 6.04 Å². The lowest BCUT2D eigenvalue weighted by Gasteiger charge is -2.42. The van der Waals surface area contributed by atoms with Gasteiger partial charge in [0.15, 0.2) is 0 Å². The van der Waals surface area contributed by atoms with Crippen molar-refractivity contribution in [1.29, 1.82) is 0 Å². The molecule has 2 aliphatic heterocycles. The Bertz CT molecular complexity index is 859. The predicted molar refractivity (Wildman–Crippen MR) is 142 cm³/mol. The number of hydrogen-bond acceptors (Lipinski definition) is 3. The smallest absolute Gasteiger partial charge is 0.318 e. The Hall–Kier alpha value is -2.37. The summed E-state index contributed by atoms with van der Waals surface area (Å²) < 4.78 is 0. The van der Waals surface area contributed by atoms with Gasteiger partial charge in [-0.1, -0.05) is 79.9 Å². The van der Waals surface area contributed by atoms with E-state index in [1.165, 1.54) is 64.6 Å². The molecule has 2 aromatic rings. The zero-order valence-electron chi connectivity index (χ0n) is 21.2. The molecule has 5 nitrogen and oxygen atoms in total. The van der Waals surface area contributed by atoms with Crippen molar-refractivity contribution in [3.05, 3.63) is 71.8 Å². The van der Waals surface area contributed by atoms with Crippen molar-refractivity contribution >= 4 is 6.03 Å². The highest BCUT2D eigenvalue weighted by atomic mass is 16.2. The molecule has 5 rings (SSSR count). The minimum absolute atomic E-state index is 0.0446. The maximum absolute atomic E-state index is 13.2. The van der Waals surface area contributed by atoms with Crippen LogP contribution in [0.2, 0.25) is 0 Å². The Kier molecular flexibility index (Phi) is 8.37. The molecule has 0 unspecified atom stereocenters. The van der Waals surface area contributed by atoms with Crippen molar-refractivity contribution in [2.75, 3.05) is 45.8 Å². The van der Waals surface area contributed by atoms with E-state index in [1.54, 1.807) is 0 Å². The van der Waals surface area contributed by atoms with E-state index in [0.717, 1.165) is 49.3 Å². The van der Waals surface area contributed by atoms with E-state index in [4.69, 9.17) is 0 Å². The molecule has 0 bridgehead atoms. The van der Waals surface area contributed by atoms with Gasteiger partial charge in [0.2, 0.25) is 0 Å². The summed E-state index contributed by atoms with van der Waals surface area (Å²) in [6, 6.07) is 21.3. The lowest BCUT2D eigenvalue weighted by molar-refractivity contribution is 0.0778. The SMILES string of the molecule is O=C(NC(c1ccccc1)c1ccccc1)N1CCN(CC2CCN(C3CCCCC3)CC2)CC1. The van der Waals surface area contributed by atoms with Crippen LogP contribution in [-0.2, 0) is 0 Å². The fraction of sp³-hybridized carbons (Fsp3) is 0.567. The summed E-state index contributed by atoms with van der Waals surface area (Å²) in [6.45, 7) is 7.36. The molecule has 0 atom stereocenters. The molecule has 0 aromatic heterocycles. The van der Waals surface area contributed by atoms with Crippen molar-refractivity contribution < 1.29 is 4.79 Å². The van der Waals surface area contributed by atoms with E-state index in [-0.39, 0.29) is 12.1 Å². The summed E-state index contributed by atoms with van der Waals surface area (Å²) in [5.74, 6) is 0.816. The fourth-order valence-corrected chi connectivity index (χ4v) is 6.31. The lowest BCUT2D eigenvalue weighted by Crippen LogP contribution is -2.53. The number of nitrogens with zero attached hydrogens (tertiary/aromatic N) is 3. The van der Waals surface area contributed by atoms with Crippen LogP contribution in [0.15, 0.2) is 60.7 Å². The Morgan fingerprint density at radius 3 is 1.89 bits per heavy atom. The van der Waals surface area contributed by atoms with E-state index in [9.17, 15) is 4.79 Å². The predicted octanol–water partition coefficient (Wildman–Crippen LogP) is 5.15. The van der Waals surface area contributed by atoms with Crippen LogP contribution in [0.5, 0.6) is 0 Å². The first-order valence-electron chi connectivity index (χ1n) is 13.9. The Balaban J connectivity index is 1.09. The minimum atomic E-state index is -0.128. The third-order valence-electron chi connectivity index (χ3n) is 8.45. The van der Waals surface area contributed by atoms with Crippen LogP contribution in [0.1, 0.15) is 62.1 Å². The van der Waals surface area contributed by atoms with Crippen molar-refractivity contribution in [2.45, 2.75) is 57.0 Å². The standard InChI is InChI=1S/C30H42N4O/c35-30(31-29(26-10-4-1-5-11-26)27-12-6-2-7-13-27)34-22-20-32(21-23-34)24-25-16-18-33(19-17-25)28-14-8-3-9-15-28/h1-2,4-7,10-13,25,28-29H,3,8-9,14-24H2,(H,31,35). The second-order valence-electron chi connectivity index (χ2n) is 10.8. The minimum Gasteiger partial charge on any atom is -0.327 e. The summed E-state index contributed by atoms with van der Waals surface area (Å²) in [4.78, 5) is 20.6. The molecule has 35 heavy (non-hydrogen) atoms. The first kappa shape index (κ1) is 24.3. The second-order valence-corrected chi connectivity index (χ2v) is 10.8. The molecule has 2 aromatic carbocycles. The Morgan fingerprint density at radius 2 is 1.31 bits per heavy atom. The third kappa shape index (κ3) is 6.45. The van der Waals surface area contributed by atoms with Crippen LogP contribution in [0, 0.1) is 5.92 Å². The fourth-order valence-electron chi connectivity index (χ4n) is 6.31. The van der Waals surface area contributed by atoms with E-state index in [1.807, 2.05) is 41.3 Å². The molecular formula is C30H42N4O. The summed E-state index contributed by atoms with van der Waals surface area (Å²) in [7, 11) is 0. The van der Waals surface area contributed by atoms with Crippen LogP contribution in [0.4, 0.5) is 4.79 Å². The average Bonchev–Trinajstić information content (AvgIpc) is 2.94. The Morgan fingerprint density at radius 1 is 0.743 bits per heavy atom. The Labute approximate surface area is 211 Å². The maximum Gasteiger partial charge on any atom is 0.318 e. The largest absolute Gasteiger partial charge is 0.327 e. The van der Waals surface area contributed by atoms with Crippen LogP contribution in [-0.4, -0.2) is 72.6 Å². The van der Waals surface area contributed by atoms with Crippen molar-refractivity contribution in [1.82, 2.24) is 20.0 Å². The molecule has 0 radical (unpaired) electrons. The van der Waals surface area contributed by atoms with E-state index in [2.05, 4.69) is 39.4 Å². The second kappa shape index (κ2) is 12.0. The summed E-state index contributed by atoms with van der Waals surface area (Å²) in [6.07, 6.45) is 9.82. The number of hydrogen-bond donors (Lipinski definition) is 1. The number of piperazine rings is 1. The number of carbonyl (C=O) groups is 1. The highest BCUT2D eigenvalue weighted by molar-refractivity contribution is 5.75. The summed E-state index contributed by atoms with van der Waals surface area (Å²) >= 11 is 0. The zero-order chi connectivity index (χ0) is 23.9. The van der Waals surface area contributed by atoms with Gasteiger partial charge in [-0.05, 0) is 55.8 Å². The molecule has 1 aliphatic carbocycles. The highest BCUT2D eigenvalue weighted by Gasteiger charge is 2.29. The van der Waals surface area contributed by atoms with Crippen LogP contribution < -0.4 is 5.32 Å². The number of piperidine rings is 1.